The summed E-state index contributed by atoms with van der Waals surface area (Å²) in [4.78, 5) is 13.7. The molecule has 0 aromatic heterocycles. The molecule has 0 unspecified atom stereocenters. The number of amides is 1. The van der Waals surface area contributed by atoms with Crippen molar-refractivity contribution in [3.63, 3.8) is 0 Å². The quantitative estimate of drug-likeness (QED) is 0.658. The summed E-state index contributed by atoms with van der Waals surface area (Å²) in [6.07, 6.45) is 1.11. The second-order valence-electron chi connectivity index (χ2n) is 3.80. The van der Waals surface area contributed by atoms with Crippen LogP contribution in [0.4, 0.5) is 0 Å². The van der Waals surface area contributed by atoms with Crippen molar-refractivity contribution in [2.45, 2.75) is 32.7 Å². The summed E-state index contributed by atoms with van der Waals surface area (Å²) in [7, 11) is 0. The largest absolute Gasteiger partial charge is 0.353 e. The van der Waals surface area contributed by atoms with Crippen LogP contribution in [0.3, 0.4) is 0 Å². The second kappa shape index (κ2) is 3.44. The first-order valence-electron chi connectivity index (χ1n) is 4.62. The molecule has 0 spiro atoms. The molecule has 0 aromatic rings. The van der Waals surface area contributed by atoms with Crippen molar-refractivity contribution < 1.29 is 4.79 Å². The van der Waals surface area contributed by atoms with E-state index in [1.807, 2.05) is 13.8 Å². The van der Waals surface area contributed by atoms with Crippen LogP contribution in [0.5, 0.6) is 0 Å². The van der Waals surface area contributed by atoms with Gasteiger partial charge >= 0.3 is 0 Å². The minimum atomic E-state index is -0.311. The van der Waals surface area contributed by atoms with Gasteiger partial charge in [-0.3, -0.25) is 9.69 Å². The maximum atomic E-state index is 11.4. The van der Waals surface area contributed by atoms with Gasteiger partial charge in [0.2, 0.25) is 5.91 Å². The average Bonchev–Trinajstić information content (AvgIpc) is 2.00. The smallest absolute Gasteiger partial charge is 0.239 e. The first-order valence-corrected chi connectivity index (χ1v) is 4.62. The Morgan fingerprint density at radius 1 is 1.58 bits per heavy atom. The van der Waals surface area contributed by atoms with Gasteiger partial charge in [-0.15, -0.1) is 0 Å². The van der Waals surface area contributed by atoms with E-state index >= 15 is 0 Å². The van der Waals surface area contributed by atoms with Crippen LogP contribution in [0.25, 0.3) is 0 Å². The lowest BCUT2D eigenvalue weighted by Crippen LogP contribution is -2.61. The standard InChI is InChI=1S/C9H18N2O/c1-4-6-11-7-5-10-8(12)9(11,2)3/h4-7H2,1-3H3,(H,10,12). The highest BCUT2D eigenvalue weighted by Gasteiger charge is 2.36. The van der Waals surface area contributed by atoms with E-state index < -0.39 is 0 Å². The van der Waals surface area contributed by atoms with Crippen molar-refractivity contribution in [2.24, 2.45) is 0 Å². The van der Waals surface area contributed by atoms with Gasteiger partial charge in [-0.2, -0.15) is 0 Å². The molecular formula is C9H18N2O. The third-order valence-corrected chi connectivity index (χ3v) is 2.51. The Hall–Kier alpha value is -0.570. The van der Waals surface area contributed by atoms with Gasteiger partial charge in [0.1, 0.15) is 0 Å². The molecule has 3 nitrogen and oxygen atoms in total. The number of hydrogen-bond acceptors (Lipinski definition) is 2. The van der Waals surface area contributed by atoms with Gasteiger partial charge in [-0.05, 0) is 26.8 Å². The van der Waals surface area contributed by atoms with Crippen molar-refractivity contribution in [3.05, 3.63) is 0 Å². The Morgan fingerprint density at radius 3 is 2.83 bits per heavy atom. The zero-order valence-electron chi connectivity index (χ0n) is 8.18. The third-order valence-electron chi connectivity index (χ3n) is 2.51. The molecule has 1 N–H and O–H groups in total. The van der Waals surface area contributed by atoms with Crippen LogP contribution >= 0.6 is 0 Å². The molecule has 0 saturated carbocycles. The van der Waals surface area contributed by atoms with Crippen molar-refractivity contribution >= 4 is 5.91 Å². The Labute approximate surface area is 74.1 Å². The molecule has 1 fully saturated rings. The molecular weight excluding hydrogens is 152 g/mol. The highest BCUT2D eigenvalue weighted by molar-refractivity contribution is 5.86. The Morgan fingerprint density at radius 2 is 2.25 bits per heavy atom. The Balaban J connectivity index is 2.65. The van der Waals surface area contributed by atoms with E-state index in [-0.39, 0.29) is 11.4 Å². The molecule has 1 saturated heterocycles. The number of nitrogens with one attached hydrogen (secondary N) is 1. The summed E-state index contributed by atoms with van der Waals surface area (Å²) < 4.78 is 0. The summed E-state index contributed by atoms with van der Waals surface area (Å²) in [5.41, 5.74) is -0.311. The predicted molar refractivity (Wildman–Crippen MR) is 49.0 cm³/mol. The van der Waals surface area contributed by atoms with Crippen LogP contribution in [0.15, 0.2) is 0 Å². The molecule has 1 rings (SSSR count). The SMILES string of the molecule is CCCN1CCNC(=O)C1(C)C. The maximum absolute atomic E-state index is 11.4. The van der Waals surface area contributed by atoms with Crippen LogP contribution in [0.2, 0.25) is 0 Å². The summed E-state index contributed by atoms with van der Waals surface area (Å²) in [6, 6.07) is 0. The normalized spacial score (nSPS) is 23.8. The van der Waals surface area contributed by atoms with Gasteiger partial charge in [0.15, 0.2) is 0 Å². The molecule has 0 atom stereocenters. The topological polar surface area (TPSA) is 32.3 Å². The molecule has 1 amide bonds. The molecule has 3 heteroatoms. The Kier molecular flexibility index (Phi) is 2.73. The molecule has 1 aliphatic rings. The number of nitrogens with zero attached hydrogens (tertiary/aromatic N) is 1. The van der Waals surface area contributed by atoms with Crippen molar-refractivity contribution in [1.29, 1.82) is 0 Å². The van der Waals surface area contributed by atoms with Gasteiger partial charge in [-0.1, -0.05) is 6.92 Å². The highest BCUT2D eigenvalue weighted by Crippen LogP contribution is 2.17. The minimum absolute atomic E-state index is 0.155. The summed E-state index contributed by atoms with van der Waals surface area (Å²) >= 11 is 0. The third kappa shape index (κ3) is 1.61. The second-order valence-corrected chi connectivity index (χ2v) is 3.80. The highest BCUT2D eigenvalue weighted by atomic mass is 16.2. The first kappa shape index (κ1) is 9.52. The van der Waals surface area contributed by atoms with Crippen molar-refractivity contribution in [3.8, 4) is 0 Å². The zero-order chi connectivity index (χ0) is 9.19. The monoisotopic (exact) mass is 170 g/mol. The fourth-order valence-corrected chi connectivity index (χ4v) is 1.61. The maximum Gasteiger partial charge on any atom is 0.239 e. The van der Waals surface area contributed by atoms with E-state index in [9.17, 15) is 4.79 Å². The van der Waals surface area contributed by atoms with Gasteiger partial charge in [0.05, 0.1) is 5.54 Å². The predicted octanol–water partition coefficient (Wildman–Crippen LogP) is 0.607. The van der Waals surface area contributed by atoms with Crippen LogP contribution in [0, 0.1) is 0 Å². The minimum Gasteiger partial charge on any atom is -0.353 e. The number of rotatable bonds is 2. The van der Waals surface area contributed by atoms with E-state index in [4.69, 9.17) is 0 Å². The summed E-state index contributed by atoms with van der Waals surface area (Å²) in [6.45, 7) is 8.90. The molecule has 12 heavy (non-hydrogen) atoms. The van der Waals surface area contributed by atoms with E-state index in [2.05, 4.69) is 17.1 Å². The van der Waals surface area contributed by atoms with Gasteiger partial charge < -0.3 is 5.32 Å². The van der Waals surface area contributed by atoms with E-state index in [1.165, 1.54) is 0 Å². The van der Waals surface area contributed by atoms with Crippen LogP contribution in [0.1, 0.15) is 27.2 Å². The van der Waals surface area contributed by atoms with Crippen LogP contribution < -0.4 is 5.32 Å². The molecule has 0 bridgehead atoms. The van der Waals surface area contributed by atoms with E-state index in [1.54, 1.807) is 0 Å². The van der Waals surface area contributed by atoms with Gasteiger partial charge in [0, 0.05) is 13.1 Å². The first-order chi connectivity index (χ1) is 5.59. The lowest BCUT2D eigenvalue weighted by molar-refractivity contribution is -0.134. The van der Waals surface area contributed by atoms with E-state index in [0.717, 1.165) is 26.1 Å². The molecule has 1 heterocycles. The van der Waals surface area contributed by atoms with Crippen LogP contribution in [-0.2, 0) is 4.79 Å². The fraction of sp³-hybridized carbons (Fsp3) is 0.889. The number of piperazine rings is 1. The molecule has 0 aromatic carbocycles. The van der Waals surface area contributed by atoms with Crippen molar-refractivity contribution in [2.75, 3.05) is 19.6 Å². The summed E-state index contributed by atoms with van der Waals surface area (Å²) in [5.74, 6) is 0.155. The number of carbonyl (C=O) groups excluding carboxylic acids is 1. The Bertz CT molecular complexity index is 175. The molecule has 0 aliphatic carbocycles. The summed E-state index contributed by atoms with van der Waals surface area (Å²) in [5, 5.41) is 2.88. The average molecular weight is 170 g/mol. The lowest BCUT2D eigenvalue weighted by Gasteiger charge is -2.41. The zero-order valence-corrected chi connectivity index (χ0v) is 8.18. The van der Waals surface area contributed by atoms with Gasteiger partial charge in [0.25, 0.3) is 0 Å². The number of hydrogen-bond donors (Lipinski definition) is 1. The van der Waals surface area contributed by atoms with E-state index in [0.29, 0.717) is 0 Å². The fourth-order valence-electron chi connectivity index (χ4n) is 1.61. The van der Waals surface area contributed by atoms with Crippen LogP contribution in [-0.4, -0.2) is 36.0 Å². The number of carbonyl (C=O) groups is 1. The molecule has 70 valence electrons. The van der Waals surface area contributed by atoms with Crippen molar-refractivity contribution in [1.82, 2.24) is 10.2 Å². The van der Waals surface area contributed by atoms with Gasteiger partial charge in [-0.25, -0.2) is 0 Å². The lowest BCUT2D eigenvalue weighted by atomic mass is 9.99. The molecule has 0 radical (unpaired) electrons. The molecule has 1 aliphatic heterocycles.